The van der Waals surface area contributed by atoms with Gasteiger partial charge in [0.1, 0.15) is 35.6 Å². The Labute approximate surface area is 166 Å². The lowest BCUT2D eigenvalue weighted by Crippen LogP contribution is -2.31. The largest absolute Gasteiger partial charge is 0.492 e. The van der Waals surface area contributed by atoms with E-state index in [1.807, 2.05) is 6.92 Å². The fourth-order valence-corrected chi connectivity index (χ4v) is 2.73. The molecule has 1 N–H and O–H groups in total. The molecule has 29 heavy (non-hydrogen) atoms. The van der Waals surface area contributed by atoms with Gasteiger partial charge in [-0.15, -0.1) is 0 Å². The van der Waals surface area contributed by atoms with E-state index in [0.717, 1.165) is 10.8 Å². The Morgan fingerprint density at radius 3 is 2.66 bits per heavy atom. The van der Waals surface area contributed by atoms with Crippen LogP contribution < -0.4 is 15.6 Å². The molecule has 2 aromatic carbocycles. The number of benzene rings is 2. The molecular formula is C21H17FN4O3. The minimum atomic E-state index is -0.657. The molecule has 0 bridgehead atoms. The highest BCUT2D eigenvalue weighted by molar-refractivity contribution is 5.92. The van der Waals surface area contributed by atoms with Gasteiger partial charge in [-0.25, -0.2) is 9.37 Å². The van der Waals surface area contributed by atoms with Crippen LogP contribution in [0, 0.1) is 17.1 Å². The maximum atomic E-state index is 13.2. The van der Waals surface area contributed by atoms with Crippen LogP contribution in [0.1, 0.15) is 12.5 Å². The lowest BCUT2D eigenvalue weighted by molar-refractivity contribution is -0.116. The van der Waals surface area contributed by atoms with E-state index < -0.39 is 17.3 Å². The van der Waals surface area contributed by atoms with Gasteiger partial charge >= 0.3 is 0 Å². The highest BCUT2D eigenvalue weighted by atomic mass is 19.1. The zero-order valence-corrected chi connectivity index (χ0v) is 15.6. The number of hydrogen-bond acceptors (Lipinski definition) is 5. The van der Waals surface area contributed by atoms with Crippen LogP contribution in [0.2, 0.25) is 0 Å². The van der Waals surface area contributed by atoms with Gasteiger partial charge in [0, 0.05) is 5.56 Å². The minimum absolute atomic E-state index is 0.155. The molecule has 0 aliphatic heterocycles. The van der Waals surface area contributed by atoms with Gasteiger partial charge in [0.15, 0.2) is 0 Å². The predicted octanol–water partition coefficient (Wildman–Crippen LogP) is 2.96. The van der Waals surface area contributed by atoms with Crippen molar-refractivity contribution >= 4 is 11.6 Å². The number of aromatic nitrogens is 2. The van der Waals surface area contributed by atoms with Crippen LogP contribution in [0.4, 0.5) is 10.1 Å². The number of nitrogens with one attached hydrogen (secondary N) is 1. The van der Waals surface area contributed by atoms with E-state index in [1.165, 1.54) is 24.3 Å². The molecule has 0 spiro atoms. The first-order valence-electron chi connectivity index (χ1n) is 8.81. The third-order valence-corrected chi connectivity index (χ3v) is 4.03. The fourth-order valence-electron chi connectivity index (χ4n) is 2.73. The molecule has 0 saturated heterocycles. The van der Waals surface area contributed by atoms with Gasteiger partial charge in [-0.05, 0) is 43.3 Å². The van der Waals surface area contributed by atoms with E-state index in [4.69, 9.17) is 10.00 Å². The standard InChI is InChI=1S/C21H17FN4O3/c1-2-29-18-6-4-3-5-17(18)25-19(27)13-26-20(14-7-9-16(22)10-8-14)24-12-15(11-23)21(26)28/h3-10,12H,2,13H2,1H3,(H,25,27). The molecule has 0 atom stereocenters. The van der Waals surface area contributed by atoms with Gasteiger partial charge < -0.3 is 10.1 Å². The summed E-state index contributed by atoms with van der Waals surface area (Å²) in [6, 6.07) is 14.0. The molecule has 0 aliphatic carbocycles. The summed E-state index contributed by atoms with van der Waals surface area (Å²) in [6.45, 7) is 1.87. The molecule has 3 rings (SSSR count). The van der Waals surface area contributed by atoms with Crippen molar-refractivity contribution in [3.05, 3.63) is 76.5 Å². The Bertz CT molecular complexity index is 1130. The van der Waals surface area contributed by atoms with Crippen LogP contribution in [0.15, 0.2) is 59.5 Å². The van der Waals surface area contributed by atoms with Crippen molar-refractivity contribution in [3.8, 4) is 23.2 Å². The van der Waals surface area contributed by atoms with Crippen molar-refractivity contribution in [2.45, 2.75) is 13.5 Å². The maximum Gasteiger partial charge on any atom is 0.272 e. The number of rotatable bonds is 6. The summed E-state index contributed by atoms with van der Waals surface area (Å²) in [5.74, 6) is -0.290. The van der Waals surface area contributed by atoms with Crippen molar-refractivity contribution in [2.75, 3.05) is 11.9 Å². The fraction of sp³-hybridized carbons (Fsp3) is 0.143. The first-order valence-corrected chi connectivity index (χ1v) is 8.81. The monoisotopic (exact) mass is 392 g/mol. The topological polar surface area (TPSA) is 97.0 Å². The van der Waals surface area contributed by atoms with E-state index in [0.29, 0.717) is 23.6 Å². The van der Waals surface area contributed by atoms with Crippen LogP contribution in [-0.2, 0) is 11.3 Å². The Morgan fingerprint density at radius 2 is 1.97 bits per heavy atom. The highest BCUT2D eigenvalue weighted by Crippen LogP contribution is 2.24. The van der Waals surface area contributed by atoms with E-state index >= 15 is 0 Å². The summed E-state index contributed by atoms with van der Waals surface area (Å²) in [5, 5.41) is 11.8. The Kier molecular flexibility index (Phi) is 6.00. The quantitative estimate of drug-likeness (QED) is 0.696. The predicted molar refractivity (Wildman–Crippen MR) is 105 cm³/mol. The molecule has 1 amide bonds. The number of para-hydroxylation sites is 2. The molecule has 1 heterocycles. The number of anilines is 1. The molecule has 0 aliphatic rings. The Balaban J connectivity index is 1.95. The van der Waals surface area contributed by atoms with Gasteiger partial charge in [-0.1, -0.05) is 12.1 Å². The van der Waals surface area contributed by atoms with Crippen molar-refractivity contribution in [3.63, 3.8) is 0 Å². The summed E-state index contributed by atoms with van der Waals surface area (Å²) < 4.78 is 19.8. The molecule has 0 radical (unpaired) electrons. The Hall–Kier alpha value is -3.99. The average Bonchev–Trinajstić information content (AvgIpc) is 2.72. The van der Waals surface area contributed by atoms with Crippen LogP contribution >= 0.6 is 0 Å². The molecule has 3 aromatic rings. The minimum Gasteiger partial charge on any atom is -0.492 e. The third-order valence-electron chi connectivity index (χ3n) is 4.03. The number of ether oxygens (including phenoxy) is 1. The van der Waals surface area contributed by atoms with E-state index in [-0.39, 0.29) is 17.9 Å². The molecule has 8 heteroatoms. The van der Waals surface area contributed by atoms with Crippen molar-refractivity contribution < 1.29 is 13.9 Å². The second-order valence-electron chi connectivity index (χ2n) is 5.98. The van der Waals surface area contributed by atoms with Gasteiger partial charge in [0.2, 0.25) is 5.91 Å². The normalized spacial score (nSPS) is 10.2. The highest BCUT2D eigenvalue weighted by Gasteiger charge is 2.16. The van der Waals surface area contributed by atoms with Crippen LogP contribution in [-0.4, -0.2) is 22.1 Å². The summed E-state index contributed by atoms with van der Waals surface area (Å²) in [7, 11) is 0. The van der Waals surface area contributed by atoms with E-state index in [2.05, 4.69) is 10.3 Å². The number of carbonyl (C=O) groups excluding carboxylic acids is 1. The summed E-state index contributed by atoms with van der Waals surface area (Å²) in [5.41, 5.74) is 0.0454. The second-order valence-corrected chi connectivity index (χ2v) is 5.98. The van der Waals surface area contributed by atoms with Crippen LogP contribution in [0.3, 0.4) is 0 Å². The summed E-state index contributed by atoms with van der Waals surface area (Å²) >= 11 is 0. The smallest absolute Gasteiger partial charge is 0.272 e. The number of nitriles is 1. The number of hydrogen-bond donors (Lipinski definition) is 1. The first-order chi connectivity index (χ1) is 14.0. The van der Waals surface area contributed by atoms with E-state index in [9.17, 15) is 14.0 Å². The number of carbonyl (C=O) groups is 1. The number of amides is 1. The zero-order chi connectivity index (χ0) is 20.8. The molecule has 1 aromatic heterocycles. The first kappa shape index (κ1) is 19.8. The van der Waals surface area contributed by atoms with Gasteiger partial charge in [-0.3, -0.25) is 14.2 Å². The van der Waals surface area contributed by atoms with E-state index in [1.54, 1.807) is 30.3 Å². The number of halogens is 1. The molecule has 0 unspecified atom stereocenters. The molecule has 0 saturated carbocycles. The van der Waals surface area contributed by atoms with Gasteiger partial charge in [-0.2, -0.15) is 5.26 Å². The van der Waals surface area contributed by atoms with Gasteiger partial charge in [0.25, 0.3) is 5.56 Å². The van der Waals surface area contributed by atoms with Crippen molar-refractivity contribution in [2.24, 2.45) is 0 Å². The summed E-state index contributed by atoms with van der Waals surface area (Å²) in [4.78, 5) is 29.4. The molecular weight excluding hydrogens is 375 g/mol. The Morgan fingerprint density at radius 1 is 1.24 bits per heavy atom. The SMILES string of the molecule is CCOc1ccccc1NC(=O)Cn1c(-c2ccc(F)cc2)ncc(C#N)c1=O. The average molecular weight is 392 g/mol. The van der Waals surface area contributed by atoms with Crippen molar-refractivity contribution in [1.82, 2.24) is 9.55 Å². The lowest BCUT2D eigenvalue weighted by Gasteiger charge is -2.14. The van der Waals surface area contributed by atoms with Gasteiger partial charge in [0.05, 0.1) is 18.5 Å². The molecule has 7 nitrogen and oxygen atoms in total. The molecule has 146 valence electrons. The van der Waals surface area contributed by atoms with Crippen LogP contribution in [0.25, 0.3) is 11.4 Å². The number of nitrogens with zero attached hydrogens (tertiary/aromatic N) is 3. The maximum absolute atomic E-state index is 13.2. The third kappa shape index (κ3) is 4.47. The molecule has 0 fully saturated rings. The lowest BCUT2D eigenvalue weighted by atomic mass is 10.2. The van der Waals surface area contributed by atoms with Crippen LogP contribution in [0.5, 0.6) is 5.75 Å². The second kappa shape index (κ2) is 8.80. The zero-order valence-electron chi connectivity index (χ0n) is 15.6. The summed E-state index contributed by atoms with van der Waals surface area (Å²) in [6.07, 6.45) is 1.14. The van der Waals surface area contributed by atoms with Crippen molar-refractivity contribution in [1.29, 1.82) is 5.26 Å².